The summed E-state index contributed by atoms with van der Waals surface area (Å²) >= 11 is 0. The molecule has 0 aliphatic carbocycles. The van der Waals surface area contributed by atoms with E-state index in [0.29, 0.717) is 0 Å². The number of carbonyl (C=O) groups is 1. The van der Waals surface area contributed by atoms with E-state index in [1.165, 1.54) is 0 Å². The summed E-state index contributed by atoms with van der Waals surface area (Å²) in [5.74, 6) is -0.720. The molecule has 15 heavy (non-hydrogen) atoms. The molecule has 1 aliphatic rings. The summed E-state index contributed by atoms with van der Waals surface area (Å²) in [4.78, 5) is 14.1. The SMILES string of the molecule is Cc1ccccn1.O=C(O)[C@@H]1CCCN1. The van der Waals surface area contributed by atoms with Crippen LogP contribution in [0.4, 0.5) is 0 Å². The molecule has 2 N–H and O–H groups in total. The van der Waals surface area contributed by atoms with Crippen molar-refractivity contribution < 1.29 is 9.90 Å². The van der Waals surface area contributed by atoms with Gasteiger partial charge in [0.25, 0.3) is 0 Å². The Labute approximate surface area is 89.3 Å². The molecule has 0 radical (unpaired) electrons. The molecule has 0 bridgehead atoms. The Bertz CT molecular complexity index is 295. The van der Waals surface area contributed by atoms with E-state index in [-0.39, 0.29) is 6.04 Å². The highest BCUT2D eigenvalue weighted by Gasteiger charge is 2.20. The minimum atomic E-state index is -0.720. The molecule has 1 aromatic rings. The van der Waals surface area contributed by atoms with Crippen molar-refractivity contribution in [2.45, 2.75) is 25.8 Å². The predicted molar refractivity (Wildman–Crippen MR) is 57.6 cm³/mol. The topological polar surface area (TPSA) is 62.2 Å². The van der Waals surface area contributed by atoms with Crippen LogP contribution >= 0.6 is 0 Å². The summed E-state index contributed by atoms with van der Waals surface area (Å²) in [6, 6.07) is 5.59. The monoisotopic (exact) mass is 208 g/mol. The fourth-order valence-electron chi connectivity index (χ4n) is 1.34. The zero-order chi connectivity index (χ0) is 11.1. The first-order valence-corrected chi connectivity index (χ1v) is 5.04. The van der Waals surface area contributed by atoms with Crippen LogP contribution in [0.5, 0.6) is 0 Å². The molecule has 1 aliphatic heterocycles. The van der Waals surface area contributed by atoms with E-state index in [4.69, 9.17) is 5.11 Å². The van der Waals surface area contributed by atoms with Gasteiger partial charge in [-0.15, -0.1) is 0 Å². The number of carboxylic acid groups (broad SMARTS) is 1. The molecular weight excluding hydrogens is 192 g/mol. The average Bonchev–Trinajstić information content (AvgIpc) is 2.72. The van der Waals surface area contributed by atoms with E-state index < -0.39 is 5.97 Å². The van der Waals surface area contributed by atoms with Gasteiger partial charge in [0.1, 0.15) is 6.04 Å². The molecule has 1 saturated heterocycles. The number of carboxylic acids is 1. The Morgan fingerprint density at radius 2 is 2.40 bits per heavy atom. The first kappa shape index (κ1) is 11.7. The fraction of sp³-hybridized carbons (Fsp3) is 0.455. The number of hydrogen-bond acceptors (Lipinski definition) is 3. The summed E-state index contributed by atoms with van der Waals surface area (Å²) in [7, 11) is 0. The van der Waals surface area contributed by atoms with Crippen LogP contribution in [0.1, 0.15) is 18.5 Å². The molecular formula is C11H16N2O2. The minimum Gasteiger partial charge on any atom is -0.480 e. The summed E-state index contributed by atoms with van der Waals surface area (Å²) in [5, 5.41) is 11.2. The van der Waals surface area contributed by atoms with E-state index >= 15 is 0 Å². The lowest BCUT2D eigenvalue weighted by Gasteiger charge is -1.99. The molecule has 0 spiro atoms. The second kappa shape index (κ2) is 6.14. The molecule has 2 rings (SSSR count). The van der Waals surface area contributed by atoms with Crippen molar-refractivity contribution in [3.8, 4) is 0 Å². The Morgan fingerprint density at radius 1 is 1.60 bits per heavy atom. The molecule has 2 heterocycles. The second-order valence-corrected chi connectivity index (χ2v) is 3.46. The van der Waals surface area contributed by atoms with Crippen molar-refractivity contribution in [1.29, 1.82) is 0 Å². The zero-order valence-corrected chi connectivity index (χ0v) is 8.81. The maximum absolute atomic E-state index is 10.1. The van der Waals surface area contributed by atoms with Crippen molar-refractivity contribution in [2.75, 3.05) is 6.54 Å². The van der Waals surface area contributed by atoms with Crippen LogP contribution in [0.25, 0.3) is 0 Å². The van der Waals surface area contributed by atoms with Crippen LogP contribution in [-0.2, 0) is 4.79 Å². The summed E-state index contributed by atoms with van der Waals surface area (Å²) < 4.78 is 0. The highest BCUT2D eigenvalue weighted by molar-refractivity contribution is 5.73. The molecule has 0 amide bonds. The van der Waals surface area contributed by atoms with Gasteiger partial charge in [-0.05, 0) is 38.4 Å². The fourth-order valence-corrected chi connectivity index (χ4v) is 1.34. The molecule has 4 heteroatoms. The normalized spacial score (nSPS) is 19.1. The van der Waals surface area contributed by atoms with Gasteiger partial charge in [-0.2, -0.15) is 0 Å². The maximum Gasteiger partial charge on any atom is 0.320 e. The van der Waals surface area contributed by atoms with E-state index in [1.54, 1.807) is 6.20 Å². The number of hydrogen-bond donors (Lipinski definition) is 2. The quantitative estimate of drug-likeness (QED) is 0.728. The van der Waals surface area contributed by atoms with Gasteiger partial charge in [0.2, 0.25) is 0 Å². The van der Waals surface area contributed by atoms with Crippen molar-refractivity contribution in [2.24, 2.45) is 0 Å². The molecule has 82 valence electrons. The number of pyridine rings is 1. The number of nitrogens with one attached hydrogen (secondary N) is 1. The van der Waals surface area contributed by atoms with Gasteiger partial charge in [-0.1, -0.05) is 6.07 Å². The lowest BCUT2D eigenvalue weighted by molar-refractivity contribution is -0.139. The van der Waals surface area contributed by atoms with Crippen molar-refractivity contribution in [3.63, 3.8) is 0 Å². The van der Waals surface area contributed by atoms with Crippen LogP contribution in [0.2, 0.25) is 0 Å². The summed E-state index contributed by atoms with van der Waals surface area (Å²) in [6.45, 7) is 2.83. The Balaban J connectivity index is 0.000000151. The standard InChI is InChI=1S/C6H7N.C5H9NO2/c1-6-4-2-3-5-7-6;7-5(8)4-2-1-3-6-4/h2-5H,1H3;4,6H,1-3H2,(H,7,8)/t;4-/m.0/s1. The smallest absolute Gasteiger partial charge is 0.320 e. The molecule has 0 aromatic carbocycles. The van der Waals surface area contributed by atoms with E-state index in [1.807, 2.05) is 25.1 Å². The highest BCUT2D eigenvalue weighted by atomic mass is 16.4. The van der Waals surface area contributed by atoms with E-state index in [0.717, 1.165) is 25.1 Å². The third-order valence-electron chi connectivity index (χ3n) is 2.17. The Hall–Kier alpha value is -1.42. The molecule has 0 unspecified atom stereocenters. The van der Waals surface area contributed by atoms with Gasteiger partial charge < -0.3 is 10.4 Å². The Morgan fingerprint density at radius 3 is 2.67 bits per heavy atom. The van der Waals surface area contributed by atoms with E-state index in [9.17, 15) is 4.79 Å². The van der Waals surface area contributed by atoms with Crippen LogP contribution in [0.15, 0.2) is 24.4 Å². The average molecular weight is 208 g/mol. The molecule has 1 fully saturated rings. The third kappa shape index (κ3) is 4.56. The second-order valence-electron chi connectivity index (χ2n) is 3.46. The maximum atomic E-state index is 10.1. The van der Waals surface area contributed by atoms with E-state index in [2.05, 4.69) is 10.3 Å². The lowest BCUT2D eigenvalue weighted by Crippen LogP contribution is -2.29. The van der Waals surface area contributed by atoms with Crippen LogP contribution < -0.4 is 5.32 Å². The molecule has 1 aromatic heterocycles. The van der Waals surface area contributed by atoms with Crippen LogP contribution in [0.3, 0.4) is 0 Å². The number of aromatic nitrogens is 1. The first-order chi connectivity index (χ1) is 7.20. The Kier molecular flexibility index (Phi) is 4.77. The molecule has 1 atom stereocenters. The van der Waals surface area contributed by atoms with Gasteiger partial charge in [-0.3, -0.25) is 9.78 Å². The van der Waals surface area contributed by atoms with Crippen molar-refractivity contribution >= 4 is 5.97 Å². The number of nitrogens with zero attached hydrogens (tertiary/aromatic N) is 1. The number of aliphatic carboxylic acids is 1. The van der Waals surface area contributed by atoms with Crippen molar-refractivity contribution in [3.05, 3.63) is 30.1 Å². The molecule has 0 saturated carbocycles. The summed E-state index contributed by atoms with van der Waals surface area (Å²) in [6.07, 6.45) is 3.57. The van der Waals surface area contributed by atoms with Gasteiger partial charge in [0.05, 0.1) is 0 Å². The summed E-state index contributed by atoms with van der Waals surface area (Å²) in [5.41, 5.74) is 1.07. The van der Waals surface area contributed by atoms with Gasteiger partial charge in [-0.25, -0.2) is 0 Å². The zero-order valence-electron chi connectivity index (χ0n) is 8.81. The van der Waals surface area contributed by atoms with Gasteiger partial charge >= 0.3 is 5.97 Å². The molecule has 4 nitrogen and oxygen atoms in total. The predicted octanol–water partition coefficient (Wildman–Crippen LogP) is 1.21. The van der Waals surface area contributed by atoms with Gasteiger partial charge in [0, 0.05) is 11.9 Å². The van der Waals surface area contributed by atoms with Crippen LogP contribution in [0, 0.1) is 6.92 Å². The van der Waals surface area contributed by atoms with Crippen LogP contribution in [-0.4, -0.2) is 28.6 Å². The first-order valence-electron chi connectivity index (χ1n) is 5.04. The number of aryl methyl sites for hydroxylation is 1. The minimum absolute atomic E-state index is 0.269. The number of rotatable bonds is 1. The lowest BCUT2D eigenvalue weighted by atomic mass is 10.2. The van der Waals surface area contributed by atoms with Gasteiger partial charge in [0.15, 0.2) is 0 Å². The van der Waals surface area contributed by atoms with Crippen molar-refractivity contribution in [1.82, 2.24) is 10.3 Å². The largest absolute Gasteiger partial charge is 0.480 e. The third-order valence-corrected chi connectivity index (χ3v) is 2.17. The highest BCUT2D eigenvalue weighted by Crippen LogP contribution is 2.03.